The van der Waals surface area contributed by atoms with Crippen LogP contribution in [-0.4, -0.2) is 0 Å². The molecule has 2 aromatic carbocycles. The summed E-state index contributed by atoms with van der Waals surface area (Å²) in [6, 6.07) is 16.1. The molecule has 84 valence electrons. The smallest absolute Gasteiger partial charge is 0.0991 e. The fourth-order valence-electron chi connectivity index (χ4n) is 1.28. The van der Waals surface area contributed by atoms with Gasteiger partial charge in [-0.2, -0.15) is 5.26 Å². The van der Waals surface area contributed by atoms with E-state index in [4.69, 9.17) is 5.26 Å². The molecule has 2 aromatic rings. The monoisotopic (exact) mass is 415 g/mol. The minimum atomic E-state index is 0.703. The topological polar surface area (TPSA) is 23.8 Å². The van der Waals surface area contributed by atoms with Crippen LogP contribution in [0.2, 0.25) is 0 Å². The molecule has 0 aliphatic rings. The van der Waals surface area contributed by atoms with Crippen molar-refractivity contribution in [3.8, 4) is 6.07 Å². The fourth-order valence-corrected chi connectivity index (χ4v) is 3.21. The normalized spacial score (nSPS) is 9.94. The molecule has 0 heterocycles. The number of halogens is 2. The summed E-state index contributed by atoms with van der Waals surface area (Å²) in [5.41, 5.74) is 0.703. The van der Waals surface area contributed by atoms with Gasteiger partial charge in [0.15, 0.2) is 0 Å². The van der Waals surface area contributed by atoms with E-state index in [1.807, 2.05) is 30.3 Å². The van der Waals surface area contributed by atoms with Crippen LogP contribution < -0.4 is 0 Å². The Kier molecular flexibility index (Phi) is 4.48. The zero-order chi connectivity index (χ0) is 12.3. The summed E-state index contributed by atoms with van der Waals surface area (Å²) in [4.78, 5) is 2.36. The summed E-state index contributed by atoms with van der Waals surface area (Å²) in [5.74, 6) is 0. The summed E-state index contributed by atoms with van der Waals surface area (Å²) in [6.45, 7) is 0. The van der Waals surface area contributed by atoms with Crippen molar-refractivity contribution in [2.45, 2.75) is 9.79 Å². The average Bonchev–Trinajstić information content (AvgIpc) is 2.34. The van der Waals surface area contributed by atoms with E-state index in [1.54, 1.807) is 11.8 Å². The quantitative estimate of drug-likeness (QED) is 0.639. The van der Waals surface area contributed by atoms with Crippen molar-refractivity contribution in [1.29, 1.82) is 5.26 Å². The van der Waals surface area contributed by atoms with Crippen LogP contribution in [0.25, 0.3) is 0 Å². The van der Waals surface area contributed by atoms with E-state index in [0.717, 1.165) is 8.04 Å². The van der Waals surface area contributed by atoms with Gasteiger partial charge in [-0.3, -0.25) is 0 Å². The molecule has 0 atom stereocenters. The lowest BCUT2D eigenvalue weighted by Gasteiger charge is -2.04. The molecule has 4 heteroatoms. The summed E-state index contributed by atoms with van der Waals surface area (Å²) < 4.78 is 2.19. The second kappa shape index (κ2) is 5.89. The predicted molar refractivity (Wildman–Crippen MR) is 82.1 cm³/mol. The highest BCUT2D eigenvalue weighted by Gasteiger charge is 2.03. The van der Waals surface area contributed by atoms with E-state index < -0.39 is 0 Å². The molecule has 0 radical (unpaired) electrons. The zero-order valence-electron chi connectivity index (χ0n) is 8.65. The molecule has 0 saturated carbocycles. The molecule has 0 aromatic heterocycles. The first-order valence-corrected chi connectivity index (χ1v) is 7.51. The van der Waals surface area contributed by atoms with Crippen LogP contribution in [0.1, 0.15) is 5.56 Å². The second-order valence-electron chi connectivity index (χ2n) is 3.31. The van der Waals surface area contributed by atoms with E-state index in [2.05, 4.69) is 56.7 Å². The van der Waals surface area contributed by atoms with E-state index in [-0.39, 0.29) is 0 Å². The molecular weight excluding hydrogens is 409 g/mol. The lowest BCUT2D eigenvalue weighted by Crippen LogP contribution is -1.82. The van der Waals surface area contributed by atoms with Crippen molar-refractivity contribution in [1.82, 2.24) is 0 Å². The van der Waals surface area contributed by atoms with Gasteiger partial charge in [0.1, 0.15) is 0 Å². The Morgan fingerprint density at radius 1 is 1.12 bits per heavy atom. The molecule has 0 aliphatic heterocycles. The van der Waals surface area contributed by atoms with Crippen LogP contribution in [0.5, 0.6) is 0 Å². The lowest BCUT2D eigenvalue weighted by atomic mass is 10.2. The molecule has 0 aliphatic carbocycles. The van der Waals surface area contributed by atoms with Gasteiger partial charge in [0.05, 0.1) is 11.6 Å². The summed E-state index contributed by atoms with van der Waals surface area (Å²) >= 11 is 7.38. The molecule has 0 unspecified atom stereocenters. The van der Waals surface area contributed by atoms with Crippen molar-refractivity contribution >= 4 is 50.3 Å². The number of nitrogens with zero attached hydrogens (tertiary/aromatic N) is 1. The summed E-state index contributed by atoms with van der Waals surface area (Å²) in [5, 5.41) is 8.81. The summed E-state index contributed by atoms with van der Waals surface area (Å²) in [6.07, 6.45) is 0. The van der Waals surface area contributed by atoms with E-state index in [1.165, 1.54) is 9.79 Å². The molecule has 0 spiro atoms. The van der Waals surface area contributed by atoms with Gasteiger partial charge in [0.2, 0.25) is 0 Å². The third kappa shape index (κ3) is 3.47. The van der Waals surface area contributed by atoms with E-state index in [0.29, 0.717) is 5.56 Å². The van der Waals surface area contributed by atoms with Crippen LogP contribution >= 0.6 is 50.3 Å². The van der Waals surface area contributed by atoms with Crippen LogP contribution in [0.3, 0.4) is 0 Å². The average molecular weight is 416 g/mol. The summed E-state index contributed by atoms with van der Waals surface area (Å²) in [7, 11) is 0. The van der Waals surface area contributed by atoms with Crippen LogP contribution in [0, 0.1) is 14.9 Å². The highest BCUT2D eigenvalue weighted by atomic mass is 127. The maximum atomic E-state index is 8.81. The third-order valence-electron chi connectivity index (χ3n) is 2.10. The molecule has 1 nitrogen and oxygen atoms in total. The first-order valence-electron chi connectivity index (χ1n) is 4.82. The van der Waals surface area contributed by atoms with Crippen molar-refractivity contribution in [3.05, 3.63) is 56.1 Å². The lowest BCUT2D eigenvalue weighted by molar-refractivity contribution is 1.35. The minimum absolute atomic E-state index is 0.703. The molecule has 0 fully saturated rings. The van der Waals surface area contributed by atoms with Gasteiger partial charge >= 0.3 is 0 Å². The molecule has 17 heavy (non-hydrogen) atoms. The predicted octanol–water partition coefficient (Wildman–Crippen LogP) is 5.08. The molecule has 0 amide bonds. The molecule has 0 N–H and O–H groups in total. The fraction of sp³-hybridized carbons (Fsp3) is 0. The second-order valence-corrected chi connectivity index (χ2v) is 6.51. The minimum Gasteiger partial charge on any atom is -0.192 e. The van der Waals surface area contributed by atoms with Gasteiger partial charge in [-0.1, -0.05) is 27.7 Å². The SMILES string of the molecule is N#Cc1ccc(Sc2ccc(Br)cc2)c(I)c1. The van der Waals surface area contributed by atoms with Crippen molar-refractivity contribution in [2.24, 2.45) is 0 Å². The van der Waals surface area contributed by atoms with Gasteiger partial charge < -0.3 is 0 Å². The van der Waals surface area contributed by atoms with Crippen LogP contribution in [-0.2, 0) is 0 Å². The first-order chi connectivity index (χ1) is 8.19. The Morgan fingerprint density at radius 3 is 2.41 bits per heavy atom. The van der Waals surface area contributed by atoms with Gasteiger partial charge in [-0.05, 0) is 65.1 Å². The maximum absolute atomic E-state index is 8.81. The van der Waals surface area contributed by atoms with Gasteiger partial charge in [0.25, 0.3) is 0 Å². The van der Waals surface area contributed by atoms with E-state index >= 15 is 0 Å². The van der Waals surface area contributed by atoms with Crippen LogP contribution in [0.15, 0.2) is 56.7 Å². The maximum Gasteiger partial charge on any atom is 0.0991 e. The van der Waals surface area contributed by atoms with E-state index in [9.17, 15) is 0 Å². The molecule has 0 bridgehead atoms. The third-order valence-corrected chi connectivity index (χ3v) is 4.97. The Morgan fingerprint density at radius 2 is 1.82 bits per heavy atom. The Bertz CT molecular complexity index is 575. The number of hydrogen-bond acceptors (Lipinski definition) is 2. The molecular formula is C13H7BrINS. The van der Waals surface area contributed by atoms with Crippen molar-refractivity contribution < 1.29 is 0 Å². The zero-order valence-corrected chi connectivity index (χ0v) is 13.2. The highest BCUT2D eigenvalue weighted by Crippen LogP contribution is 2.32. The Hall–Kier alpha value is -0.510. The van der Waals surface area contributed by atoms with Gasteiger partial charge in [-0.25, -0.2) is 0 Å². The highest BCUT2D eigenvalue weighted by molar-refractivity contribution is 14.1. The molecule has 2 rings (SSSR count). The van der Waals surface area contributed by atoms with Gasteiger partial charge in [0, 0.05) is 17.8 Å². The standard InChI is InChI=1S/C13H7BrINS/c14-10-2-4-11(5-3-10)17-13-6-1-9(8-16)7-12(13)15/h1-7H. The number of benzene rings is 2. The number of nitriles is 1. The Labute approximate surface area is 126 Å². The van der Waals surface area contributed by atoms with Crippen molar-refractivity contribution in [2.75, 3.05) is 0 Å². The van der Waals surface area contributed by atoms with Gasteiger partial charge in [-0.15, -0.1) is 0 Å². The number of hydrogen-bond donors (Lipinski definition) is 0. The van der Waals surface area contributed by atoms with Crippen LogP contribution in [0.4, 0.5) is 0 Å². The number of rotatable bonds is 2. The van der Waals surface area contributed by atoms with Crippen molar-refractivity contribution in [3.63, 3.8) is 0 Å². The molecule has 0 saturated heterocycles. The first kappa shape index (κ1) is 12.9. The Balaban J connectivity index is 2.25. The largest absolute Gasteiger partial charge is 0.192 e.